The number of benzene rings is 1. The van der Waals surface area contributed by atoms with Crippen molar-refractivity contribution in [3.05, 3.63) is 87.2 Å². The van der Waals surface area contributed by atoms with Crippen LogP contribution in [0.25, 0.3) is 5.76 Å². The van der Waals surface area contributed by atoms with Gasteiger partial charge < -0.3 is 5.11 Å². The monoisotopic (exact) mass is 408 g/mol. The Morgan fingerprint density at radius 3 is 2.38 bits per heavy atom. The molecule has 1 atom stereocenters. The Hall–Kier alpha value is -3.92. The SMILES string of the molecule is O=C1C(=O)N(c2nccs2)C(c2ccc([N+](=O)[O-])cc2)/C1=C(\O)c1ccncc1. The lowest BCUT2D eigenvalue weighted by atomic mass is 9.95. The van der Waals surface area contributed by atoms with Crippen LogP contribution < -0.4 is 4.90 Å². The zero-order valence-electron chi connectivity index (χ0n) is 14.6. The second-order valence-electron chi connectivity index (χ2n) is 6.07. The molecule has 0 spiro atoms. The van der Waals surface area contributed by atoms with E-state index in [0.717, 1.165) is 11.3 Å². The molecule has 1 unspecified atom stereocenters. The van der Waals surface area contributed by atoms with Gasteiger partial charge in [-0.1, -0.05) is 0 Å². The van der Waals surface area contributed by atoms with Crippen LogP contribution in [0.3, 0.4) is 0 Å². The molecule has 0 aliphatic carbocycles. The zero-order chi connectivity index (χ0) is 20.5. The largest absolute Gasteiger partial charge is 0.507 e. The molecule has 2 aromatic heterocycles. The van der Waals surface area contributed by atoms with Crippen molar-refractivity contribution in [2.45, 2.75) is 6.04 Å². The first-order valence-corrected chi connectivity index (χ1v) is 9.22. The van der Waals surface area contributed by atoms with Crippen LogP contribution in [-0.4, -0.2) is 31.7 Å². The summed E-state index contributed by atoms with van der Waals surface area (Å²) in [5, 5.41) is 23.7. The summed E-state index contributed by atoms with van der Waals surface area (Å²) in [5.41, 5.74) is 0.504. The van der Waals surface area contributed by atoms with Crippen LogP contribution in [-0.2, 0) is 9.59 Å². The number of carbonyl (C=O) groups excluding carboxylic acids is 2. The van der Waals surface area contributed by atoms with Crippen LogP contribution in [0, 0.1) is 10.1 Å². The molecule has 29 heavy (non-hydrogen) atoms. The molecule has 1 aliphatic rings. The Kier molecular flexibility index (Phi) is 4.61. The van der Waals surface area contributed by atoms with E-state index in [4.69, 9.17) is 0 Å². The number of ketones is 1. The third-order valence-corrected chi connectivity index (χ3v) is 5.21. The van der Waals surface area contributed by atoms with Gasteiger partial charge in [0, 0.05) is 41.7 Å². The number of carbonyl (C=O) groups is 2. The number of nitro benzene ring substituents is 1. The number of aromatic nitrogens is 2. The van der Waals surface area contributed by atoms with E-state index >= 15 is 0 Å². The number of hydrogen-bond acceptors (Lipinski definition) is 8. The number of nitrogens with zero attached hydrogens (tertiary/aromatic N) is 4. The molecular weight excluding hydrogens is 396 g/mol. The van der Waals surface area contributed by atoms with Crippen molar-refractivity contribution < 1.29 is 19.6 Å². The molecule has 3 aromatic rings. The van der Waals surface area contributed by atoms with Crippen molar-refractivity contribution in [3.8, 4) is 0 Å². The molecule has 144 valence electrons. The third kappa shape index (κ3) is 3.15. The smallest absolute Gasteiger partial charge is 0.301 e. The summed E-state index contributed by atoms with van der Waals surface area (Å²) in [4.78, 5) is 45.2. The second kappa shape index (κ2) is 7.24. The number of thiazole rings is 1. The molecule has 0 bridgehead atoms. The van der Waals surface area contributed by atoms with Crippen molar-refractivity contribution in [3.63, 3.8) is 0 Å². The molecule has 3 heterocycles. The predicted octanol–water partition coefficient (Wildman–Crippen LogP) is 3.07. The summed E-state index contributed by atoms with van der Waals surface area (Å²) in [7, 11) is 0. The number of amides is 1. The standard InChI is InChI=1S/C19H12N4O5S/c24-16(12-5-7-20-8-6-12)14-15(11-1-3-13(4-2-11)23(27)28)22(18(26)17(14)25)19-21-9-10-29-19/h1-10,15,24H/b16-14+. The van der Waals surface area contributed by atoms with Crippen LogP contribution >= 0.6 is 11.3 Å². The van der Waals surface area contributed by atoms with Gasteiger partial charge in [-0.15, -0.1) is 11.3 Å². The van der Waals surface area contributed by atoms with Crippen molar-refractivity contribution >= 4 is 39.6 Å². The van der Waals surface area contributed by atoms with E-state index in [1.54, 1.807) is 5.38 Å². The number of aliphatic hydroxyl groups is 1. The number of pyridine rings is 1. The number of nitro groups is 1. The van der Waals surface area contributed by atoms with E-state index < -0.39 is 22.7 Å². The van der Waals surface area contributed by atoms with Crippen LogP contribution in [0.2, 0.25) is 0 Å². The van der Waals surface area contributed by atoms with Gasteiger partial charge in [-0.05, 0) is 29.8 Å². The van der Waals surface area contributed by atoms with Crippen LogP contribution in [0.5, 0.6) is 0 Å². The van der Waals surface area contributed by atoms with E-state index in [1.165, 1.54) is 59.9 Å². The summed E-state index contributed by atoms with van der Waals surface area (Å²) >= 11 is 1.16. The van der Waals surface area contributed by atoms with E-state index in [0.29, 0.717) is 11.1 Å². The van der Waals surface area contributed by atoms with Gasteiger partial charge in [0.05, 0.1) is 16.5 Å². The maximum absolute atomic E-state index is 12.8. The van der Waals surface area contributed by atoms with Gasteiger partial charge in [-0.2, -0.15) is 0 Å². The van der Waals surface area contributed by atoms with Gasteiger partial charge in [0.25, 0.3) is 11.5 Å². The second-order valence-corrected chi connectivity index (χ2v) is 6.94. The summed E-state index contributed by atoms with van der Waals surface area (Å²) in [5.74, 6) is -2.05. The maximum Gasteiger partial charge on any atom is 0.301 e. The highest BCUT2D eigenvalue weighted by atomic mass is 32.1. The molecule has 1 amide bonds. The molecule has 10 heteroatoms. The van der Waals surface area contributed by atoms with Crippen LogP contribution in [0.1, 0.15) is 17.2 Å². The molecule has 9 nitrogen and oxygen atoms in total. The van der Waals surface area contributed by atoms with Gasteiger partial charge in [0.15, 0.2) is 5.13 Å². The molecule has 1 fully saturated rings. The minimum absolute atomic E-state index is 0.120. The highest BCUT2D eigenvalue weighted by molar-refractivity contribution is 7.14. The molecule has 0 radical (unpaired) electrons. The Bertz CT molecular complexity index is 1130. The van der Waals surface area contributed by atoms with Crippen molar-refractivity contribution in [1.29, 1.82) is 0 Å². The molecule has 1 aromatic carbocycles. The Morgan fingerprint density at radius 2 is 1.79 bits per heavy atom. The lowest BCUT2D eigenvalue weighted by Crippen LogP contribution is -2.29. The zero-order valence-corrected chi connectivity index (χ0v) is 15.4. The molecule has 4 rings (SSSR count). The minimum Gasteiger partial charge on any atom is -0.507 e. The van der Waals surface area contributed by atoms with Gasteiger partial charge in [0.1, 0.15) is 5.76 Å². The highest BCUT2D eigenvalue weighted by Gasteiger charge is 2.48. The number of non-ortho nitro benzene ring substituents is 1. The number of hydrogen-bond donors (Lipinski definition) is 1. The fourth-order valence-electron chi connectivity index (χ4n) is 3.12. The topological polar surface area (TPSA) is 127 Å². The van der Waals surface area contributed by atoms with E-state index in [9.17, 15) is 24.8 Å². The fourth-order valence-corrected chi connectivity index (χ4v) is 3.79. The number of Topliss-reactive ketones (excluding diaryl/α,β-unsaturated/α-hetero) is 1. The van der Waals surface area contributed by atoms with E-state index in [1.807, 2.05) is 0 Å². The van der Waals surface area contributed by atoms with Gasteiger partial charge in [0.2, 0.25) is 0 Å². The lowest BCUT2D eigenvalue weighted by Gasteiger charge is -2.22. The van der Waals surface area contributed by atoms with Crippen LogP contribution in [0.4, 0.5) is 10.8 Å². The lowest BCUT2D eigenvalue weighted by molar-refractivity contribution is -0.384. The first-order valence-electron chi connectivity index (χ1n) is 8.34. The number of rotatable bonds is 4. The van der Waals surface area contributed by atoms with Gasteiger partial charge >= 0.3 is 5.91 Å². The number of anilines is 1. The van der Waals surface area contributed by atoms with Crippen LogP contribution in [0.15, 0.2) is 65.9 Å². The molecule has 1 N–H and O–H groups in total. The quantitative estimate of drug-likeness (QED) is 0.231. The fraction of sp³-hybridized carbons (Fsp3) is 0.0526. The van der Waals surface area contributed by atoms with E-state index in [2.05, 4.69) is 9.97 Å². The summed E-state index contributed by atoms with van der Waals surface area (Å²) in [6.07, 6.45) is 4.40. The average molecular weight is 408 g/mol. The Morgan fingerprint density at radius 1 is 1.10 bits per heavy atom. The summed E-state index contributed by atoms with van der Waals surface area (Å²) in [6.45, 7) is 0. The highest BCUT2D eigenvalue weighted by Crippen LogP contribution is 2.42. The molecular formula is C19H12N4O5S. The average Bonchev–Trinajstić information content (AvgIpc) is 3.35. The predicted molar refractivity (Wildman–Crippen MR) is 104 cm³/mol. The first-order chi connectivity index (χ1) is 14.0. The third-order valence-electron chi connectivity index (χ3n) is 4.44. The molecule has 1 aliphatic heterocycles. The summed E-state index contributed by atoms with van der Waals surface area (Å²) in [6, 6.07) is 7.52. The Labute approximate surface area is 167 Å². The van der Waals surface area contributed by atoms with Crippen molar-refractivity contribution in [2.75, 3.05) is 4.90 Å². The summed E-state index contributed by atoms with van der Waals surface area (Å²) < 4.78 is 0. The van der Waals surface area contributed by atoms with Gasteiger partial charge in [-0.25, -0.2) is 4.98 Å². The molecule has 1 saturated heterocycles. The van der Waals surface area contributed by atoms with Crippen molar-refractivity contribution in [1.82, 2.24) is 9.97 Å². The minimum atomic E-state index is -0.977. The number of aliphatic hydroxyl groups excluding tert-OH is 1. The molecule has 0 saturated carbocycles. The van der Waals surface area contributed by atoms with Gasteiger partial charge in [-0.3, -0.25) is 29.6 Å². The first kappa shape index (κ1) is 18.4. The maximum atomic E-state index is 12.8. The van der Waals surface area contributed by atoms with Crippen molar-refractivity contribution in [2.24, 2.45) is 0 Å². The van der Waals surface area contributed by atoms with E-state index in [-0.39, 0.29) is 22.2 Å². The normalized spacial score (nSPS) is 18.2. The Balaban J connectivity index is 1.92.